The van der Waals surface area contributed by atoms with Crippen LogP contribution >= 0.6 is 0 Å². The van der Waals surface area contributed by atoms with Gasteiger partial charge in [-0.3, -0.25) is 9.59 Å². The van der Waals surface area contributed by atoms with Crippen LogP contribution in [0.15, 0.2) is 36.5 Å². The molecule has 2 aromatic rings. The number of hydrogen-bond acceptors (Lipinski definition) is 4. The predicted molar refractivity (Wildman–Crippen MR) is 91.2 cm³/mol. The van der Waals surface area contributed by atoms with Crippen molar-refractivity contribution in [1.29, 1.82) is 0 Å². The highest BCUT2D eigenvalue weighted by Crippen LogP contribution is 2.27. The SMILES string of the molecule is O=C(Nc1ccc(OCC(F)(F)F)nc1)C1CC(=O)N(c2cc(F)cc(F)c2)C1. The van der Waals surface area contributed by atoms with Crippen molar-refractivity contribution < 1.29 is 36.3 Å². The summed E-state index contributed by atoms with van der Waals surface area (Å²) in [5.74, 6) is -3.75. The van der Waals surface area contributed by atoms with Gasteiger partial charge in [0.1, 0.15) is 11.6 Å². The minimum atomic E-state index is -4.50. The number of ether oxygens (including phenoxy) is 1. The van der Waals surface area contributed by atoms with E-state index in [-0.39, 0.29) is 30.2 Å². The summed E-state index contributed by atoms with van der Waals surface area (Å²) in [5.41, 5.74) is 0.202. The quantitative estimate of drug-likeness (QED) is 0.761. The molecule has 2 heterocycles. The van der Waals surface area contributed by atoms with E-state index in [9.17, 15) is 31.5 Å². The Balaban J connectivity index is 1.60. The lowest BCUT2D eigenvalue weighted by atomic mass is 10.1. The maximum absolute atomic E-state index is 13.4. The molecule has 1 aromatic carbocycles. The summed E-state index contributed by atoms with van der Waals surface area (Å²) in [4.78, 5) is 29.3. The van der Waals surface area contributed by atoms with Crippen LogP contribution in [0, 0.1) is 17.6 Å². The molecule has 1 aliphatic heterocycles. The molecule has 1 unspecified atom stereocenters. The number of carbonyl (C=O) groups excluding carboxylic acids is 2. The third kappa shape index (κ3) is 5.39. The van der Waals surface area contributed by atoms with Gasteiger partial charge in [-0.15, -0.1) is 0 Å². The Morgan fingerprint density at radius 2 is 1.90 bits per heavy atom. The van der Waals surface area contributed by atoms with Gasteiger partial charge in [0, 0.05) is 30.8 Å². The van der Waals surface area contributed by atoms with Crippen LogP contribution in [-0.2, 0) is 9.59 Å². The molecule has 154 valence electrons. The van der Waals surface area contributed by atoms with Crippen molar-refractivity contribution in [3.8, 4) is 5.88 Å². The van der Waals surface area contributed by atoms with Crippen molar-refractivity contribution in [2.24, 2.45) is 5.92 Å². The largest absolute Gasteiger partial charge is 0.468 e. The van der Waals surface area contributed by atoms with Crippen LogP contribution in [-0.4, -0.2) is 36.1 Å². The Morgan fingerprint density at radius 1 is 1.21 bits per heavy atom. The Labute approximate surface area is 161 Å². The zero-order valence-electron chi connectivity index (χ0n) is 14.7. The van der Waals surface area contributed by atoms with Crippen molar-refractivity contribution in [2.45, 2.75) is 12.6 Å². The first kappa shape index (κ1) is 20.5. The number of carbonyl (C=O) groups is 2. The molecule has 1 aromatic heterocycles. The Morgan fingerprint density at radius 3 is 2.48 bits per heavy atom. The van der Waals surface area contributed by atoms with Crippen LogP contribution in [0.3, 0.4) is 0 Å². The molecule has 0 aliphatic carbocycles. The average molecular weight is 415 g/mol. The highest BCUT2D eigenvalue weighted by Gasteiger charge is 2.35. The summed E-state index contributed by atoms with van der Waals surface area (Å²) in [6.07, 6.45) is -3.55. The molecule has 1 aliphatic rings. The molecule has 0 radical (unpaired) electrons. The van der Waals surface area contributed by atoms with E-state index in [0.29, 0.717) is 6.07 Å². The zero-order chi connectivity index (χ0) is 21.2. The van der Waals surface area contributed by atoms with Crippen LogP contribution in [0.2, 0.25) is 0 Å². The number of nitrogens with one attached hydrogen (secondary N) is 1. The lowest BCUT2D eigenvalue weighted by Crippen LogP contribution is -2.28. The number of rotatable bonds is 5. The first-order valence-electron chi connectivity index (χ1n) is 8.33. The van der Waals surface area contributed by atoms with Gasteiger partial charge in [-0.25, -0.2) is 13.8 Å². The molecule has 3 rings (SSSR count). The molecule has 1 saturated heterocycles. The van der Waals surface area contributed by atoms with Gasteiger partial charge in [-0.05, 0) is 18.2 Å². The van der Waals surface area contributed by atoms with E-state index in [0.717, 1.165) is 29.3 Å². The first-order valence-corrected chi connectivity index (χ1v) is 8.33. The number of halogens is 5. The number of hydrogen-bond donors (Lipinski definition) is 1. The number of nitrogens with zero attached hydrogens (tertiary/aromatic N) is 2. The smallest absolute Gasteiger partial charge is 0.422 e. The molecule has 1 atom stereocenters. The number of benzene rings is 1. The summed E-state index contributed by atoms with van der Waals surface area (Å²) < 4.78 is 67.5. The lowest BCUT2D eigenvalue weighted by Gasteiger charge is -2.17. The van der Waals surface area contributed by atoms with Gasteiger partial charge in [0.15, 0.2) is 6.61 Å². The maximum atomic E-state index is 13.4. The highest BCUT2D eigenvalue weighted by atomic mass is 19.4. The van der Waals surface area contributed by atoms with Crippen LogP contribution in [0.1, 0.15) is 6.42 Å². The van der Waals surface area contributed by atoms with E-state index in [4.69, 9.17) is 0 Å². The molecule has 2 amide bonds. The first-order chi connectivity index (χ1) is 13.6. The second-order valence-electron chi connectivity index (χ2n) is 6.31. The maximum Gasteiger partial charge on any atom is 0.422 e. The summed E-state index contributed by atoms with van der Waals surface area (Å²) in [5, 5.41) is 2.49. The second-order valence-corrected chi connectivity index (χ2v) is 6.31. The standard InChI is InChI=1S/C18H14F5N3O3/c19-11-4-12(20)6-14(5-11)26-8-10(3-16(26)27)17(28)25-13-1-2-15(24-7-13)29-9-18(21,22)23/h1-2,4-7,10H,3,8-9H2,(H,25,28). The van der Waals surface area contributed by atoms with Gasteiger partial charge in [0.25, 0.3) is 0 Å². The number of amides is 2. The number of alkyl halides is 3. The van der Waals surface area contributed by atoms with Gasteiger partial charge in [-0.1, -0.05) is 0 Å². The van der Waals surface area contributed by atoms with Gasteiger partial charge in [0.05, 0.1) is 17.8 Å². The second kappa shape index (κ2) is 8.02. The number of anilines is 2. The summed E-state index contributed by atoms with van der Waals surface area (Å²) in [6.45, 7) is -1.57. The van der Waals surface area contributed by atoms with Crippen LogP contribution in [0.25, 0.3) is 0 Å². The molecule has 29 heavy (non-hydrogen) atoms. The Kier molecular flexibility index (Phi) is 5.66. The molecular weight excluding hydrogens is 401 g/mol. The minimum Gasteiger partial charge on any atom is -0.468 e. The van der Waals surface area contributed by atoms with E-state index < -0.39 is 42.1 Å². The molecule has 6 nitrogen and oxygen atoms in total. The third-order valence-corrected chi connectivity index (χ3v) is 4.04. The molecule has 0 saturated carbocycles. The predicted octanol–water partition coefficient (Wildman–Crippen LogP) is 3.29. The van der Waals surface area contributed by atoms with Crippen LogP contribution in [0.4, 0.5) is 33.3 Å². The normalized spacial score (nSPS) is 16.8. The van der Waals surface area contributed by atoms with Crippen LogP contribution in [0.5, 0.6) is 5.88 Å². The van der Waals surface area contributed by atoms with Crippen molar-refractivity contribution in [1.82, 2.24) is 4.98 Å². The zero-order valence-corrected chi connectivity index (χ0v) is 14.7. The van der Waals surface area contributed by atoms with Gasteiger partial charge in [-0.2, -0.15) is 13.2 Å². The van der Waals surface area contributed by atoms with Gasteiger partial charge < -0.3 is 15.0 Å². The topological polar surface area (TPSA) is 71.5 Å². The Bertz CT molecular complexity index is 898. The van der Waals surface area contributed by atoms with Crippen LogP contribution < -0.4 is 15.0 Å². The van der Waals surface area contributed by atoms with E-state index >= 15 is 0 Å². The monoisotopic (exact) mass is 415 g/mol. The summed E-state index contributed by atoms with van der Waals surface area (Å²) >= 11 is 0. The molecular formula is C18H14F5N3O3. The number of aromatic nitrogens is 1. The lowest BCUT2D eigenvalue weighted by molar-refractivity contribution is -0.154. The fourth-order valence-electron chi connectivity index (χ4n) is 2.77. The highest BCUT2D eigenvalue weighted by molar-refractivity contribution is 6.03. The molecule has 1 fully saturated rings. The summed E-state index contributed by atoms with van der Waals surface area (Å²) in [7, 11) is 0. The molecule has 0 spiro atoms. The summed E-state index contributed by atoms with van der Waals surface area (Å²) in [6, 6.07) is 5.11. The number of pyridine rings is 1. The minimum absolute atomic E-state index is 0.00985. The van der Waals surface area contributed by atoms with Gasteiger partial charge in [0.2, 0.25) is 17.7 Å². The van der Waals surface area contributed by atoms with Crippen molar-refractivity contribution >= 4 is 23.2 Å². The fraction of sp³-hybridized carbons (Fsp3) is 0.278. The average Bonchev–Trinajstić information content (AvgIpc) is 3.02. The van der Waals surface area contributed by atoms with Gasteiger partial charge >= 0.3 is 6.18 Å². The fourth-order valence-corrected chi connectivity index (χ4v) is 2.77. The van der Waals surface area contributed by atoms with E-state index in [2.05, 4.69) is 15.0 Å². The van der Waals surface area contributed by atoms with Crippen molar-refractivity contribution in [3.05, 3.63) is 48.2 Å². The van der Waals surface area contributed by atoms with E-state index in [1.807, 2.05) is 0 Å². The third-order valence-electron chi connectivity index (χ3n) is 4.04. The van der Waals surface area contributed by atoms with Crippen molar-refractivity contribution in [2.75, 3.05) is 23.4 Å². The Hall–Kier alpha value is -3.24. The molecule has 1 N–H and O–H groups in total. The van der Waals surface area contributed by atoms with Crippen molar-refractivity contribution in [3.63, 3.8) is 0 Å². The molecule has 0 bridgehead atoms. The van der Waals surface area contributed by atoms with E-state index in [1.165, 1.54) is 6.07 Å². The van der Waals surface area contributed by atoms with E-state index in [1.54, 1.807) is 0 Å². The molecule has 11 heteroatoms.